The minimum absolute atomic E-state index is 0.311. The van der Waals surface area contributed by atoms with Crippen molar-refractivity contribution in [3.05, 3.63) is 16.6 Å². The van der Waals surface area contributed by atoms with Crippen molar-refractivity contribution < 1.29 is 0 Å². The summed E-state index contributed by atoms with van der Waals surface area (Å²) in [5.74, 6) is 0. The first-order valence-corrected chi connectivity index (χ1v) is 7.73. The van der Waals surface area contributed by atoms with Crippen LogP contribution in [0.4, 0.5) is 0 Å². The number of aromatic nitrogens is 1. The highest BCUT2D eigenvalue weighted by molar-refractivity contribution is 7.09. The molecule has 0 saturated carbocycles. The number of thiazole rings is 1. The van der Waals surface area contributed by atoms with Gasteiger partial charge < -0.3 is 5.32 Å². The maximum Gasteiger partial charge on any atom is 0.109 e. The molecule has 1 aromatic rings. The van der Waals surface area contributed by atoms with E-state index in [-0.39, 0.29) is 0 Å². The topological polar surface area (TPSA) is 28.2 Å². The summed E-state index contributed by atoms with van der Waals surface area (Å²) in [6.07, 6.45) is 3.14. The fourth-order valence-electron chi connectivity index (χ4n) is 2.48. The molecule has 1 fully saturated rings. The van der Waals surface area contributed by atoms with E-state index in [1.165, 1.54) is 18.0 Å². The molecule has 4 heteroatoms. The number of rotatable bonds is 2. The molecule has 0 spiro atoms. The van der Waals surface area contributed by atoms with E-state index in [9.17, 15) is 0 Å². The maximum absolute atomic E-state index is 4.47. The summed E-state index contributed by atoms with van der Waals surface area (Å²) in [5.41, 5.74) is 0.311. The third-order valence-electron chi connectivity index (χ3n) is 3.83. The van der Waals surface area contributed by atoms with E-state index in [2.05, 4.69) is 48.3 Å². The van der Waals surface area contributed by atoms with Crippen molar-refractivity contribution in [2.24, 2.45) is 5.41 Å². The molecule has 2 heterocycles. The fraction of sp³-hybridized carbons (Fsp3) is 0.786. The SMILES string of the molecule is CC(c1nccs1)N1CCCNC(C(C)(C)C)C1. The third kappa shape index (κ3) is 3.31. The Morgan fingerprint density at radius 3 is 2.89 bits per heavy atom. The predicted octanol–water partition coefficient (Wildman–Crippen LogP) is 2.91. The number of nitrogens with zero attached hydrogens (tertiary/aromatic N) is 2. The van der Waals surface area contributed by atoms with Gasteiger partial charge in [-0.2, -0.15) is 0 Å². The molecule has 1 N–H and O–H groups in total. The Balaban J connectivity index is 2.07. The Morgan fingerprint density at radius 2 is 2.28 bits per heavy atom. The predicted molar refractivity (Wildman–Crippen MR) is 78.0 cm³/mol. The zero-order valence-corrected chi connectivity index (χ0v) is 12.8. The molecule has 18 heavy (non-hydrogen) atoms. The molecule has 0 aromatic carbocycles. The average Bonchev–Trinajstić information content (AvgIpc) is 2.70. The highest BCUT2D eigenvalue weighted by atomic mass is 32.1. The van der Waals surface area contributed by atoms with Gasteiger partial charge in [-0.15, -0.1) is 11.3 Å². The van der Waals surface area contributed by atoms with E-state index in [1.807, 2.05) is 6.20 Å². The van der Waals surface area contributed by atoms with Gasteiger partial charge in [0.2, 0.25) is 0 Å². The van der Waals surface area contributed by atoms with Crippen LogP contribution in [0.15, 0.2) is 11.6 Å². The van der Waals surface area contributed by atoms with Gasteiger partial charge in [0.25, 0.3) is 0 Å². The average molecular weight is 267 g/mol. The number of nitrogens with one attached hydrogen (secondary N) is 1. The van der Waals surface area contributed by atoms with Gasteiger partial charge in [-0.25, -0.2) is 4.98 Å². The van der Waals surface area contributed by atoms with Crippen LogP contribution in [-0.4, -0.2) is 35.6 Å². The summed E-state index contributed by atoms with van der Waals surface area (Å²) in [4.78, 5) is 7.04. The van der Waals surface area contributed by atoms with E-state index in [0.717, 1.165) is 13.1 Å². The van der Waals surface area contributed by atoms with E-state index in [0.29, 0.717) is 17.5 Å². The van der Waals surface area contributed by atoms with Crippen molar-refractivity contribution in [3.63, 3.8) is 0 Å². The molecule has 3 nitrogen and oxygen atoms in total. The van der Waals surface area contributed by atoms with Crippen LogP contribution in [-0.2, 0) is 0 Å². The van der Waals surface area contributed by atoms with Gasteiger partial charge in [-0.05, 0) is 25.3 Å². The number of hydrogen-bond acceptors (Lipinski definition) is 4. The Bertz CT molecular complexity index is 356. The highest BCUT2D eigenvalue weighted by Crippen LogP contribution is 2.27. The van der Waals surface area contributed by atoms with Gasteiger partial charge in [0, 0.05) is 30.7 Å². The van der Waals surface area contributed by atoms with Gasteiger partial charge in [0.05, 0.1) is 6.04 Å². The van der Waals surface area contributed by atoms with Gasteiger partial charge in [-0.3, -0.25) is 4.90 Å². The van der Waals surface area contributed by atoms with Crippen LogP contribution in [0.1, 0.15) is 45.2 Å². The van der Waals surface area contributed by atoms with Crippen LogP contribution in [0.5, 0.6) is 0 Å². The second-order valence-electron chi connectivity index (χ2n) is 6.27. The molecule has 0 amide bonds. The zero-order chi connectivity index (χ0) is 13.2. The largest absolute Gasteiger partial charge is 0.312 e. The highest BCUT2D eigenvalue weighted by Gasteiger charge is 2.30. The Kier molecular flexibility index (Phi) is 4.41. The van der Waals surface area contributed by atoms with Crippen LogP contribution in [0.2, 0.25) is 0 Å². The molecule has 2 atom stereocenters. The summed E-state index contributed by atoms with van der Waals surface area (Å²) >= 11 is 1.77. The van der Waals surface area contributed by atoms with Gasteiger partial charge in [0.1, 0.15) is 5.01 Å². The standard InChI is InChI=1S/C14H25N3S/c1-11(13-16-7-9-18-13)17-8-5-6-15-12(10-17)14(2,3)4/h7,9,11-12,15H,5-6,8,10H2,1-4H3. The van der Waals surface area contributed by atoms with E-state index in [4.69, 9.17) is 0 Å². The lowest BCUT2D eigenvalue weighted by molar-refractivity contribution is 0.162. The van der Waals surface area contributed by atoms with Crippen LogP contribution < -0.4 is 5.32 Å². The molecular formula is C14H25N3S. The molecule has 0 aliphatic carbocycles. The second kappa shape index (κ2) is 5.68. The van der Waals surface area contributed by atoms with Crippen molar-refractivity contribution in [3.8, 4) is 0 Å². The van der Waals surface area contributed by atoms with E-state index in [1.54, 1.807) is 11.3 Å². The maximum atomic E-state index is 4.47. The first kappa shape index (κ1) is 14.0. The first-order chi connectivity index (χ1) is 8.48. The summed E-state index contributed by atoms with van der Waals surface area (Å²) in [5, 5.41) is 7.01. The van der Waals surface area contributed by atoms with Crippen molar-refractivity contribution in [2.75, 3.05) is 19.6 Å². The normalized spacial score (nSPS) is 24.8. The molecule has 0 radical (unpaired) electrons. The summed E-state index contributed by atoms with van der Waals surface area (Å²) in [7, 11) is 0. The zero-order valence-electron chi connectivity index (χ0n) is 11.9. The summed E-state index contributed by atoms with van der Waals surface area (Å²) in [6.45, 7) is 12.7. The number of hydrogen-bond donors (Lipinski definition) is 1. The van der Waals surface area contributed by atoms with Crippen LogP contribution in [0.3, 0.4) is 0 Å². The molecule has 1 saturated heterocycles. The minimum Gasteiger partial charge on any atom is -0.312 e. The smallest absolute Gasteiger partial charge is 0.109 e. The second-order valence-corrected chi connectivity index (χ2v) is 7.19. The third-order valence-corrected chi connectivity index (χ3v) is 4.78. The fourth-order valence-corrected chi connectivity index (χ4v) is 3.21. The molecule has 102 valence electrons. The van der Waals surface area contributed by atoms with E-state index >= 15 is 0 Å². The molecular weight excluding hydrogens is 242 g/mol. The molecule has 2 rings (SSSR count). The minimum atomic E-state index is 0.311. The van der Waals surface area contributed by atoms with Crippen molar-refractivity contribution in [2.45, 2.75) is 46.2 Å². The van der Waals surface area contributed by atoms with Gasteiger partial charge in [0.15, 0.2) is 0 Å². The van der Waals surface area contributed by atoms with Crippen LogP contribution in [0, 0.1) is 5.41 Å². The molecule has 1 aliphatic rings. The summed E-state index contributed by atoms with van der Waals surface area (Å²) < 4.78 is 0. The lowest BCUT2D eigenvalue weighted by atomic mass is 9.86. The molecule has 0 bridgehead atoms. The van der Waals surface area contributed by atoms with Crippen molar-refractivity contribution in [1.29, 1.82) is 0 Å². The van der Waals surface area contributed by atoms with E-state index < -0.39 is 0 Å². The van der Waals surface area contributed by atoms with Gasteiger partial charge in [-0.1, -0.05) is 20.8 Å². The first-order valence-electron chi connectivity index (χ1n) is 6.85. The Hall–Kier alpha value is -0.450. The Labute approximate surface area is 115 Å². The Morgan fingerprint density at radius 1 is 1.50 bits per heavy atom. The van der Waals surface area contributed by atoms with Crippen LogP contribution in [0.25, 0.3) is 0 Å². The van der Waals surface area contributed by atoms with Gasteiger partial charge >= 0.3 is 0 Å². The summed E-state index contributed by atoms with van der Waals surface area (Å²) in [6, 6.07) is 0.997. The molecule has 1 aliphatic heterocycles. The lowest BCUT2D eigenvalue weighted by Crippen LogP contribution is -2.46. The van der Waals surface area contributed by atoms with Crippen LogP contribution >= 0.6 is 11.3 Å². The molecule has 1 aromatic heterocycles. The van der Waals surface area contributed by atoms with Crippen molar-refractivity contribution in [1.82, 2.24) is 15.2 Å². The lowest BCUT2D eigenvalue weighted by Gasteiger charge is -2.35. The quantitative estimate of drug-likeness (QED) is 0.893. The monoisotopic (exact) mass is 267 g/mol. The van der Waals surface area contributed by atoms with Crippen molar-refractivity contribution >= 4 is 11.3 Å². The molecule has 2 unspecified atom stereocenters.